The molecule has 0 fully saturated rings. The molecular weight excluding hydrogens is 320 g/mol. The second kappa shape index (κ2) is 4.85. The van der Waals surface area contributed by atoms with Gasteiger partial charge in [0, 0.05) is 4.47 Å². The Morgan fingerprint density at radius 3 is 2.62 bits per heavy atom. The Morgan fingerprint density at radius 2 is 1.71 bits per heavy atom. The van der Waals surface area contributed by atoms with Crippen LogP contribution in [0.25, 0.3) is 27.5 Å². The molecule has 0 atom stereocenters. The Labute approximate surface area is 133 Å². The van der Waals surface area contributed by atoms with Gasteiger partial charge in [-0.15, -0.1) is 0 Å². The number of fused-ring (bicyclic) bond motifs is 2. The first-order valence-corrected chi connectivity index (χ1v) is 8.01. The highest BCUT2D eigenvalue weighted by Gasteiger charge is 2.18. The minimum Gasteiger partial charge on any atom is -0.0765 e. The van der Waals surface area contributed by atoms with Gasteiger partial charge in [-0.05, 0) is 64.1 Å². The maximum absolute atomic E-state index is 3.67. The maximum atomic E-state index is 3.67. The number of benzene rings is 3. The quantitative estimate of drug-likeness (QED) is 0.494. The highest BCUT2D eigenvalue weighted by atomic mass is 79.9. The minimum atomic E-state index is 1.04. The second-order valence-corrected chi connectivity index (χ2v) is 6.52. The van der Waals surface area contributed by atoms with Crippen molar-refractivity contribution < 1.29 is 0 Å². The Kier molecular flexibility index (Phi) is 2.97. The lowest BCUT2D eigenvalue weighted by atomic mass is 9.91. The van der Waals surface area contributed by atoms with Crippen molar-refractivity contribution in [1.82, 2.24) is 0 Å². The predicted octanol–water partition coefficient (Wildman–Crippen LogP) is 6.23. The molecule has 1 heteroatoms. The lowest BCUT2D eigenvalue weighted by Crippen LogP contribution is -1.91. The molecule has 21 heavy (non-hydrogen) atoms. The second-order valence-electron chi connectivity index (χ2n) is 5.61. The van der Waals surface area contributed by atoms with Gasteiger partial charge in [-0.2, -0.15) is 0 Å². The summed E-state index contributed by atoms with van der Waals surface area (Å²) in [6.45, 7) is 2.22. The summed E-state index contributed by atoms with van der Waals surface area (Å²) in [6, 6.07) is 19.7. The van der Waals surface area contributed by atoms with Gasteiger partial charge in [0.15, 0.2) is 0 Å². The van der Waals surface area contributed by atoms with E-state index in [-0.39, 0.29) is 0 Å². The first-order chi connectivity index (χ1) is 10.2. The molecule has 0 heterocycles. The topological polar surface area (TPSA) is 0 Å². The van der Waals surface area contributed by atoms with Crippen molar-refractivity contribution in [3.8, 4) is 11.1 Å². The van der Waals surface area contributed by atoms with Crippen LogP contribution in [-0.4, -0.2) is 0 Å². The fourth-order valence-electron chi connectivity index (χ4n) is 3.33. The van der Waals surface area contributed by atoms with E-state index in [1.54, 1.807) is 0 Å². The summed E-state index contributed by atoms with van der Waals surface area (Å²) >= 11 is 3.67. The van der Waals surface area contributed by atoms with Crippen molar-refractivity contribution >= 4 is 32.3 Å². The van der Waals surface area contributed by atoms with Gasteiger partial charge in [0.1, 0.15) is 0 Å². The third kappa shape index (κ3) is 2.04. The van der Waals surface area contributed by atoms with Crippen LogP contribution in [0, 0.1) is 0 Å². The lowest BCUT2D eigenvalue weighted by molar-refractivity contribution is 1.30. The van der Waals surface area contributed by atoms with Gasteiger partial charge in [0.25, 0.3) is 0 Å². The molecule has 1 aliphatic carbocycles. The molecule has 3 aromatic carbocycles. The van der Waals surface area contributed by atoms with Crippen LogP contribution in [-0.2, 0) is 6.42 Å². The van der Waals surface area contributed by atoms with Gasteiger partial charge in [-0.1, -0.05) is 64.5 Å². The third-order valence-electron chi connectivity index (χ3n) is 4.29. The average Bonchev–Trinajstić information content (AvgIpc) is 2.87. The predicted molar refractivity (Wildman–Crippen MR) is 94.4 cm³/mol. The van der Waals surface area contributed by atoms with Crippen molar-refractivity contribution in [2.45, 2.75) is 13.3 Å². The molecule has 3 aromatic rings. The van der Waals surface area contributed by atoms with Gasteiger partial charge < -0.3 is 0 Å². The van der Waals surface area contributed by atoms with Crippen LogP contribution in [0.15, 0.2) is 65.1 Å². The zero-order valence-corrected chi connectivity index (χ0v) is 13.4. The van der Waals surface area contributed by atoms with E-state index in [1.165, 1.54) is 38.6 Å². The molecule has 0 saturated heterocycles. The van der Waals surface area contributed by atoms with Crippen molar-refractivity contribution in [3.63, 3.8) is 0 Å². The smallest absolute Gasteiger partial charge is 0.0184 e. The molecule has 0 amide bonds. The fraction of sp³-hybridized carbons (Fsp3) is 0.100. The van der Waals surface area contributed by atoms with E-state index in [2.05, 4.69) is 83.5 Å². The van der Waals surface area contributed by atoms with Crippen LogP contribution in [0.4, 0.5) is 0 Å². The lowest BCUT2D eigenvalue weighted by Gasteiger charge is -2.14. The summed E-state index contributed by atoms with van der Waals surface area (Å²) in [5.74, 6) is 0. The van der Waals surface area contributed by atoms with Crippen LogP contribution in [0.5, 0.6) is 0 Å². The number of allylic oxidation sites excluding steroid dienone is 2. The fourth-order valence-corrected chi connectivity index (χ4v) is 3.83. The van der Waals surface area contributed by atoms with E-state index < -0.39 is 0 Å². The first-order valence-electron chi connectivity index (χ1n) is 7.22. The zero-order valence-electron chi connectivity index (χ0n) is 11.9. The van der Waals surface area contributed by atoms with E-state index in [0.29, 0.717) is 0 Å². The first kappa shape index (κ1) is 12.8. The van der Waals surface area contributed by atoms with Gasteiger partial charge in [0.05, 0.1) is 0 Å². The minimum absolute atomic E-state index is 1.04. The molecule has 0 N–H and O–H groups in total. The zero-order chi connectivity index (χ0) is 14.4. The van der Waals surface area contributed by atoms with Gasteiger partial charge >= 0.3 is 0 Å². The average molecular weight is 335 g/mol. The molecule has 0 aliphatic heterocycles. The largest absolute Gasteiger partial charge is 0.0765 e. The number of rotatable bonds is 1. The summed E-state index contributed by atoms with van der Waals surface area (Å²) in [7, 11) is 0. The van der Waals surface area contributed by atoms with Gasteiger partial charge in [-0.25, -0.2) is 0 Å². The molecule has 4 rings (SSSR count). The summed E-state index contributed by atoms with van der Waals surface area (Å²) in [5, 5.41) is 2.61. The number of hydrogen-bond acceptors (Lipinski definition) is 0. The van der Waals surface area contributed by atoms with Crippen LogP contribution in [0.1, 0.15) is 18.1 Å². The van der Waals surface area contributed by atoms with Gasteiger partial charge in [-0.3, -0.25) is 0 Å². The highest BCUT2D eigenvalue weighted by Crippen LogP contribution is 2.40. The maximum Gasteiger partial charge on any atom is 0.0184 e. The van der Waals surface area contributed by atoms with Crippen molar-refractivity contribution in [2.24, 2.45) is 0 Å². The van der Waals surface area contributed by atoms with Crippen LogP contribution >= 0.6 is 15.9 Å². The summed E-state index contributed by atoms with van der Waals surface area (Å²) < 4.78 is 1.16. The van der Waals surface area contributed by atoms with E-state index >= 15 is 0 Å². The van der Waals surface area contributed by atoms with Crippen molar-refractivity contribution in [2.75, 3.05) is 0 Å². The van der Waals surface area contributed by atoms with Crippen molar-refractivity contribution in [1.29, 1.82) is 0 Å². The summed E-state index contributed by atoms with van der Waals surface area (Å²) in [6.07, 6.45) is 3.37. The van der Waals surface area contributed by atoms with Crippen molar-refractivity contribution in [3.05, 3.63) is 76.3 Å². The monoisotopic (exact) mass is 334 g/mol. The SMILES string of the molecule is CC1=CCc2cc(Br)cc(-c3cccc4ccccc34)c21. The molecule has 0 spiro atoms. The van der Waals surface area contributed by atoms with E-state index in [4.69, 9.17) is 0 Å². The molecule has 0 unspecified atom stereocenters. The molecule has 0 nitrogen and oxygen atoms in total. The molecule has 0 radical (unpaired) electrons. The normalized spacial score (nSPS) is 13.3. The van der Waals surface area contributed by atoms with Gasteiger partial charge in [0.2, 0.25) is 0 Å². The Balaban J connectivity index is 2.09. The molecule has 1 aliphatic rings. The molecular formula is C20H15Br. The Hall–Kier alpha value is -1.86. The number of halogens is 1. The standard InChI is InChI=1S/C20H15Br/c1-13-9-10-15-11-16(21)12-19(20(13)15)18-8-4-6-14-5-2-3-7-17(14)18/h2-9,11-12H,10H2,1H3. The highest BCUT2D eigenvalue weighted by molar-refractivity contribution is 9.10. The molecule has 102 valence electrons. The van der Waals surface area contributed by atoms with Crippen LogP contribution in [0.2, 0.25) is 0 Å². The summed E-state index contributed by atoms with van der Waals surface area (Å²) in [4.78, 5) is 0. The molecule has 0 saturated carbocycles. The Bertz CT molecular complexity index is 882. The summed E-state index contributed by atoms with van der Waals surface area (Å²) in [5.41, 5.74) is 6.88. The van der Waals surface area contributed by atoms with Crippen LogP contribution in [0.3, 0.4) is 0 Å². The molecule has 0 aromatic heterocycles. The Morgan fingerprint density at radius 1 is 0.905 bits per heavy atom. The van der Waals surface area contributed by atoms with Crippen LogP contribution < -0.4 is 0 Å². The number of hydrogen-bond donors (Lipinski definition) is 0. The van der Waals surface area contributed by atoms with E-state index in [0.717, 1.165) is 10.9 Å². The van der Waals surface area contributed by atoms with E-state index in [9.17, 15) is 0 Å². The third-order valence-corrected chi connectivity index (χ3v) is 4.74. The molecule has 0 bridgehead atoms. The van der Waals surface area contributed by atoms with E-state index in [1.807, 2.05) is 0 Å².